The van der Waals surface area contributed by atoms with Crippen molar-refractivity contribution in [1.82, 2.24) is 5.32 Å². The molecule has 3 rings (SSSR count). The van der Waals surface area contributed by atoms with Crippen LogP contribution >= 0.6 is 0 Å². The third-order valence-electron chi connectivity index (χ3n) is 4.37. The fraction of sp³-hybridized carbons (Fsp3) is 0.467. The van der Waals surface area contributed by atoms with Gasteiger partial charge in [-0.25, -0.2) is 0 Å². The maximum atomic E-state index is 12.2. The molecule has 1 amide bonds. The lowest BCUT2D eigenvalue weighted by Crippen LogP contribution is -2.64. The number of carbonyl (C=O) groups is 2. The minimum absolute atomic E-state index is 0.0242. The van der Waals surface area contributed by atoms with Crippen LogP contribution in [0.4, 0.5) is 5.69 Å². The van der Waals surface area contributed by atoms with Crippen molar-refractivity contribution < 1.29 is 9.59 Å². The zero-order chi connectivity index (χ0) is 13.5. The highest BCUT2D eigenvalue weighted by Crippen LogP contribution is 2.38. The van der Waals surface area contributed by atoms with E-state index in [1.54, 1.807) is 0 Å². The van der Waals surface area contributed by atoms with Crippen LogP contribution in [-0.4, -0.2) is 17.2 Å². The molecule has 1 aromatic rings. The van der Waals surface area contributed by atoms with Crippen LogP contribution in [0, 0.1) is 5.92 Å². The molecule has 19 heavy (non-hydrogen) atoms. The van der Waals surface area contributed by atoms with E-state index in [0.29, 0.717) is 18.5 Å². The second-order valence-electron chi connectivity index (χ2n) is 5.69. The molecule has 4 heteroatoms. The number of amides is 1. The lowest BCUT2D eigenvalue weighted by Gasteiger charge is -2.45. The molecule has 1 aliphatic carbocycles. The number of hydrogen-bond acceptors (Lipinski definition) is 3. The molecule has 1 atom stereocenters. The number of carbonyl (C=O) groups excluding carboxylic acids is 2. The number of nitrogen functional groups attached to an aromatic ring is 1. The summed E-state index contributed by atoms with van der Waals surface area (Å²) in [4.78, 5) is 24.3. The van der Waals surface area contributed by atoms with Crippen LogP contribution in [0.3, 0.4) is 0 Å². The van der Waals surface area contributed by atoms with E-state index >= 15 is 0 Å². The number of anilines is 1. The number of ketones is 1. The molecule has 4 nitrogen and oxygen atoms in total. The van der Waals surface area contributed by atoms with Crippen LogP contribution < -0.4 is 11.1 Å². The summed E-state index contributed by atoms with van der Waals surface area (Å²) in [7, 11) is 0. The lowest BCUT2D eigenvalue weighted by molar-refractivity contribution is -0.144. The Bertz CT molecular complexity index is 517. The standard InChI is InChI=1S/C15H18N2O2/c16-12-4-2-10(3-5-12)8-11-9-13(18)15(6-1-7-15)17-14(11)19/h2-5,11H,1,6-9,16H2,(H,17,19)/t11-/m1/s1. The first kappa shape index (κ1) is 12.2. The van der Waals surface area contributed by atoms with Gasteiger partial charge in [-0.15, -0.1) is 0 Å². The summed E-state index contributed by atoms with van der Waals surface area (Å²) in [5.74, 6) is -0.00253. The average molecular weight is 258 g/mol. The highest BCUT2D eigenvalue weighted by atomic mass is 16.2. The van der Waals surface area contributed by atoms with E-state index in [9.17, 15) is 9.59 Å². The fourth-order valence-corrected chi connectivity index (χ4v) is 2.96. The molecule has 2 aliphatic rings. The van der Waals surface area contributed by atoms with Gasteiger partial charge in [0.15, 0.2) is 5.78 Å². The molecule has 0 unspecified atom stereocenters. The molecule has 0 aromatic heterocycles. The molecule has 0 radical (unpaired) electrons. The van der Waals surface area contributed by atoms with Crippen LogP contribution in [-0.2, 0) is 16.0 Å². The zero-order valence-electron chi connectivity index (χ0n) is 10.8. The van der Waals surface area contributed by atoms with E-state index < -0.39 is 5.54 Å². The minimum atomic E-state index is -0.505. The quantitative estimate of drug-likeness (QED) is 0.788. The highest BCUT2D eigenvalue weighted by molar-refractivity contribution is 6.00. The summed E-state index contributed by atoms with van der Waals surface area (Å²) in [6.45, 7) is 0. The van der Waals surface area contributed by atoms with Gasteiger partial charge >= 0.3 is 0 Å². The Morgan fingerprint density at radius 3 is 2.47 bits per heavy atom. The Hall–Kier alpha value is -1.84. The van der Waals surface area contributed by atoms with Crippen LogP contribution in [0.5, 0.6) is 0 Å². The maximum Gasteiger partial charge on any atom is 0.224 e. The van der Waals surface area contributed by atoms with Crippen molar-refractivity contribution in [1.29, 1.82) is 0 Å². The van der Waals surface area contributed by atoms with E-state index in [1.807, 2.05) is 24.3 Å². The van der Waals surface area contributed by atoms with Gasteiger partial charge in [0.2, 0.25) is 5.91 Å². The first-order valence-corrected chi connectivity index (χ1v) is 6.79. The first-order chi connectivity index (χ1) is 9.09. The van der Waals surface area contributed by atoms with Gasteiger partial charge in [-0.3, -0.25) is 9.59 Å². The van der Waals surface area contributed by atoms with Crippen LogP contribution in [0.1, 0.15) is 31.2 Å². The number of nitrogens with one attached hydrogen (secondary N) is 1. The van der Waals surface area contributed by atoms with E-state index in [4.69, 9.17) is 5.73 Å². The lowest BCUT2D eigenvalue weighted by atomic mass is 9.68. The molecule has 3 N–H and O–H groups in total. The third kappa shape index (κ3) is 2.11. The van der Waals surface area contributed by atoms with Gasteiger partial charge in [0.1, 0.15) is 0 Å². The van der Waals surface area contributed by atoms with Crippen LogP contribution in [0.15, 0.2) is 24.3 Å². The van der Waals surface area contributed by atoms with Gasteiger partial charge in [0.05, 0.1) is 5.54 Å². The second-order valence-corrected chi connectivity index (χ2v) is 5.69. The summed E-state index contributed by atoms with van der Waals surface area (Å²) in [6, 6.07) is 7.48. The summed E-state index contributed by atoms with van der Waals surface area (Å²) in [5, 5.41) is 2.95. The number of rotatable bonds is 2. The van der Waals surface area contributed by atoms with E-state index in [-0.39, 0.29) is 17.6 Å². The number of nitrogens with two attached hydrogens (primary N) is 1. The normalized spacial score (nSPS) is 24.9. The monoisotopic (exact) mass is 258 g/mol. The number of benzene rings is 1. The zero-order valence-corrected chi connectivity index (χ0v) is 10.8. The SMILES string of the molecule is Nc1ccc(C[C@@H]2CC(=O)C3(CCC3)NC2=O)cc1. The summed E-state index contributed by atoms with van der Waals surface area (Å²) in [5.41, 5.74) is 6.89. The Balaban J connectivity index is 1.70. The van der Waals surface area contributed by atoms with Crippen molar-refractivity contribution in [3.05, 3.63) is 29.8 Å². The van der Waals surface area contributed by atoms with Crippen molar-refractivity contribution in [2.24, 2.45) is 5.92 Å². The smallest absolute Gasteiger partial charge is 0.224 e. The Morgan fingerprint density at radius 1 is 1.21 bits per heavy atom. The van der Waals surface area contributed by atoms with Crippen molar-refractivity contribution in [2.75, 3.05) is 5.73 Å². The average Bonchev–Trinajstić information content (AvgIpc) is 2.34. The van der Waals surface area contributed by atoms with Gasteiger partial charge in [-0.2, -0.15) is 0 Å². The maximum absolute atomic E-state index is 12.2. The van der Waals surface area contributed by atoms with Gasteiger partial charge in [0, 0.05) is 18.0 Å². The summed E-state index contributed by atoms with van der Waals surface area (Å²) >= 11 is 0. The van der Waals surface area contributed by atoms with Crippen molar-refractivity contribution in [2.45, 2.75) is 37.6 Å². The second kappa shape index (κ2) is 4.37. The predicted molar refractivity (Wildman–Crippen MR) is 72.4 cm³/mol. The minimum Gasteiger partial charge on any atom is -0.399 e. The molecular weight excluding hydrogens is 240 g/mol. The fourth-order valence-electron chi connectivity index (χ4n) is 2.96. The Kier molecular flexibility index (Phi) is 2.81. The Morgan fingerprint density at radius 2 is 1.89 bits per heavy atom. The molecular formula is C15H18N2O2. The molecule has 1 saturated carbocycles. The van der Waals surface area contributed by atoms with Crippen molar-refractivity contribution in [3.8, 4) is 0 Å². The molecule has 1 spiro atoms. The molecule has 2 fully saturated rings. The predicted octanol–water partition coefficient (Wildman–Crippen LogP) is 1.44. The molecule has 1 aliphatic heterocycles. The molecule has 100 valence electrons. The Labute approximate surface area is 112 Å². The van der Waals surface area contributed by atoms with E-state index in [2.05, 4.69) is 5.32 Å². The van der Waals surface area contributed by atoms with Crippen LogP contribution in [0.25, 0.3) is 0 Å². The van der Waals surface area contributed by atoms with Crippen LogP contribution in [0.2, 0.25) is 0 Å². The van der Waals surface area contributed by atoms with Crippen molar-refractivity contribution >= 4 is 17.4 Å². The van der Waals surface area contributed by atoms with Crippen molar-refractivity contribution in [3.63, 3.8) is 0 Å². The van der Waals surface area contributed by atoms with Gasteiger partial charge in [0.25, 0.3) is 0 Å². The largest absolute Gasteiger partial charge is 0.399 e. The number of Topliss-reactive ketones (excluding diaryl/α,β-unsaturated/α-hetero) is 1. The molecule has 1 aromatic carbocycles. The van der Waals surface area contributed by atoms with Gasteiger partial charge in [-0.05, 0) is 43.4 Å². The van der Waals surface area contributed by atoms with Gasteiger partial charge < -0.3 is 11.1 Å². The molecule has 1 saturated heterocycles. The number of piperidine rings is 1. The van der Waals surface area contributed by atoms with E-state index in [0.717, 1.165) is 24.8 Å². The van der Waals surface area contributed by atoms with Gasteiger partial charge in [-0.1, -0.05) is 12.1 Å². The topological polar surface area (TPSA) is 72.2 Å². The highest BCUT2D eigenvalue weighted by Gasteiger charge is 2.49. The van der Waals surface area contributed by atoms with E-state index in [1.165, 1.54) is 0 Å². The molecule has 0 bridgehead atoms. The summed E-state index contributed by atoms with van der Waals surface area (Å²) < 4.78 is 0. The summed E-state index contributed by atoms with van der Waals surface area (Å²) in [6.07, 6.45) is 3.64. The molecule has 1 heterocycles. The first-order valence-electron chi connectivity index (χ1n) is 6.79. The number of hydrogen-bond donors (Lipinski definition) is 2. The third-order valence-corrected chi connectivity index (χ3v) is 4.37.